The molecule has 0 radical (unpaired) electrons. The van der Waals surface area contributed by atoms with Crippen molar-refractivity contribution < 1.29 is 4.79 Å². The number of carbonyl (C=O) groups is 1. The Kier molecular flexibility index (Phi) is 4.68. The summed E-state index contributed by atoms with van der Waals surface area (Å²) in [7, 11) is 0. The van der Waals surface area contributed by atoms with Crippen LogP contribution in [0.4, 0.5) is 5.82 Å². The largest absolute Gasteiger partial charge is 0.306 e. The Balaban J connectivity index is 1.76. The fourth-order valence-electron chi connectivity index (χ4n) is 2.70. The summed E-state index contributed by atoms with van der Waals surface area (Å²) < 4.78 is 1.68. The first-order chi connectivity index (χ1) is 13.2. The molecule has 6 heteroatoms. The second-order valence-electron chi connectivity index (χ2n) is 5.81. The third-order valence-corrected chi connectivity index (χ3v) is 4.33. The second-order valence-corrected chi connectivity index (χ2v) is 6.22. The van der Waals surface area contributed by atoms with Gasteiger partial charge in [0, 0.05) is 12.3 Å². The molecule has 2 aromatic heterocycles. The van der Waals surface area contributed by atoms with E-state index < -0.39 is 0 Å². The molecule has 0 aliphatic rings. The van der Waals surface area contributed by atoms with Crippen LogP contribution in [0.3, 0.4) is 0 Å². The number of nitrogens with zero attached hydrogens (tertiary/aromatic N) is 3. The standard InChI is InChI=1S/C21H15ClN4O/c22-17-11-5-4-10-16(17)21(27)24-20-14-19(18-12-6-7-13-23-18)25-26(20)15-8-2-1-3-9-15/h1-14H,(H,24,27). The zero-order chi connectivity index (χ0) is 18.6. The fraction of sp³-hybridized carbons (Fsp3) is 0. The van der Waals surface area contributed by atoms with Crippen LogP contribution in [-0.4, -0.2) is 20.7 Å². The summed E-state index contributed by atoms with van der Waals surface area (Å²) >= 11 is 6.15. The van der Waals surface area contributed by atoms with E-state index in [-0.39, 0.29) is 5.91 Å². The summed E-state index contributed by atoms with van der Waals surface area (Å²) in [6.45, 7) is 0. The number of hydrogen-bond donors (Lipinski definition) is 1. The maximum absolute atomic E-state index is 12.7. The van der Waals surface area contributed by atoms with Gasteiger partial charge in [-0.05, 0) is 36.4 Å². The van der Waals surface area contributed by atoms with Crippen LogP contribution in [0.1, 0.15) is 10.4 Å². The second kappa shape index (κ2) is 7.43. The Bertz CT molecular complexity index is 1080. The molecule has 4 aromatic rings. The number of amides is 1. The zero-order valence-electron chi connectivity index (χ0n) is 14.2. The van der Waals surface area contributed by atoms with Crippen LogP contribution in [-0.2, 0) is 0 Å². The molecule has 0 aliphatic carbocycles. The van der Waals surface area contributed by atoms with Gasteiger partial charge in [0.15, 0.2) is 0 Å². The Morgan fingerprint density at radius 1 is 0.889 bits per heavy atom. The Morgan fingerprint density at radius 3 is 2.37 bits per heavy atom. The average Bonchev–Trinajstić information content (AvgIpc) is 3.13. The lowest BCUT2D eigenvalue weighted by Crippen LogP contribution is -2.15. The first kappa shape index (κ1) is 17.0. The molecule has 2 aromatic carbocycles. The van der Waals surface area contributed by atoms with Crippen LogP contribution >= 0.6 is 11.6 Å². The zero-order valence-corrected chi connectivity index (χ0v) is 15.0. The molecule has 27 heavy (non-hydrogen) atoms. The molecule has 0 spiro atoms. The van der Waals surface area contributed by atoms with Gasteiger partial charge in [-0.3, -0.25) is 9.78 Å². The molecular formula is C21H15ClN4O. The number of nitrogens with one attached hydrogen (secondary N) is 1. The van der Waals surface area contributed by atoms with Crippen molar-refractivity contribution in [3.8, 4) is 17.1 Å². The first-order valence-electron chi connectivity index (χ1n) is 8.35. The van der Waals surface area contributed by atoms with Gasteiger partial charge in [-0.15, -0.1) is 0 Å². The quantitative estimate of drug-likeness (QED) is 0.556. The molecule has 1 N–H and O–H groups in total. The van der Waals surface area contributed by atoms with Crippen molar-refractivity contribution in [1.82, 2.24) is 14.8 Å². The molecule has 0 saturated carbocycles. The van der Waals surface area contributed by atoms with Gasteiger partial charge in [0.25, 0.3) is 5.91 Å². The predicted molar refractivity (Wildman–Crippen MR) is 106 cm³/mol. The number of hydrogen-bond acceptors (Lipinski definition) is 3. The van der Waals surface area contributed by atoms with E-state index in [1.54, 1.807) is 41.2 Å². The molecule has 0 saturated heterocycles. The molecule has 0 fully saturated rings. The highest BCUT2D eigenvalue weighted by Crippen LogP contribution is 2.24. The smallest absolute Gasteiger partial charge is 0.258 e. The Labute approximate surface area is 161 Å². The SMILES string of the molecule is O=C(Nc1cc(-c2ccccn2)nn1-c1ccccc1)c1ccccc1Cl. The van der Waals surface area contributed by atoms with Gasteiger partial charge in [0.05, 0.1) is 22.0 Å². The summed E-state index contributed by atoms with van der Waals surface area (Å²) in [6, 6.07) is 23.9. The number of aromatic nitrogens is 3. The number of rotatable bonds is 4. The molecule has 0 aliphatic heterocycles. The molecule has 0 unspecified atom stereocenters. The van der Waals surface area contributed by atoms with E-state index in [1.807, 2.05) is 48.5 Å². The normalized spacial score (nSPS) is 10.6. The molecule has 2 heterocycles. The van der Waals surface area contributed by atoms with Crippen molar-refractivity contribution in [2.45, 2.75) is 0 Å². The minimum Gasteiger partial charge on any atom is -0.306 e. The topological polar surface area (TPSA) is 59.8 Å². The summed E-state index contributed by atoms with van der Waals surface area (Å²) in [4.78, 5) is 17.1. The number of benzene rings is 2. The van der Waals surface area contributed by atoms with E-state index in [0.717, 1.165) is 11.4 Å². The summed E-state index contributed by atoms with van der Waals surface area (Å²) in [5, 5.41) is 7.93. The van der Waals surface area contributed by atoms with Crippen LogP contribution in [0.15, 0.2) is 85.1 Å². The predicted octanol–water partition coefficient (Wildman–Crippen LogP) is 4.84. The molecule has 1 amide bonds. The van der Waals surface area contributed by atoms with Gasteiger partial charge in [-0.2, -0.15) is 5.10 Å². The minimum atomic E-state index is -0.301. The van der Waals surface area contributed by atoms with Crippen molar-refractivity contribution in [3.63, 3.8) is 0 Å². The summed E-state index contributed by atoms with van der Waals surface area (Å²) in [6.07, 6.45) is 1.71. The maximum atomic E-state index is 12.7. The average molecular weight is 375 g/mol. The minimum absolute atomic E-state index is 0.301. The molecule has 0 atom stereocenters. The van der Waals surface area contributed by atoms with Gasteiger partial charge in [-0.25, -0.2) is 4.68 Å². The van der Waals surface area contributed by atoms with Gasteiger partial charge in [0.1, 0.15) is 11.5 Å². The van der Waals surface area contributed by atoms with E-state index in [9.17, 15) is 4.79 Å². The van der Waals surface area contributed by atoms with E-state index >= 15 is 0 Å². The molecular weight excluding hydrogens is 360 g/mol. The third-order valence-electron chi connectivity index (χ3n) is 4.00. The lowest BCUT2D eigenvalue weighted by molar-refractivity contribution is 0.102. The van der Waals surface area contributed by atoms with Gasteiger partial charge >= 0.3 is 0 Å². The van der Waals surface area contributed by atoms with Gasteiger partial charge < -0.3 is 5.32 Å². The van der Waals surface area contributed by atoms with Crippen LogP contribution in [0.25, 0.3) is 17.1 Å². The van der Waals surface area contributed by atoms with E-state index in [0.29, 0.717) is 22.1 Å². The number of carbonyl (C=O) groups excluding carboxylic acids is 1. The van der Waals surface area contributed by atoms with Crippen molar-refractivity contribution in [2.24, 2.45) is 0 Å². The van der Waals surface area contributed by atoms with Crippen molar-refractivity contribution >= 4 is 23.3 Å². The van der Waals surface area contributed by atoms with Gasteiger partial charge in [-0.1, -0.05) is 48.0 Å². The lowest BCUT2D eigenvalue weighted by Gasteiger charge is -2.09. The van der Waals surface area contributed by atoms with Crippen molar-refractivity contribution in [1.29, 1.82) is 0 Å². The third kappa shape index (κ3) is 3.59. The highest BCUT2D eigenvalue weighted by Gasteiger charge is 2.16. The van der Waals surface area contributed by atoms with E-state index in [1.165, 1.54) is 0 Å². The number of anilines is 1. The lowest BCUT2D eigenvalue weighted by atomic mass is 10.2. The fourth-order valence-corrected chi connectivity index (χ4v) is 2.93. The molecule has 132 valence electrons. The number of pyridine rings is 1. The monoisotopic (exact) mass is 374 g/mol. The maximum Gasteiger partial charge on any atom is 0.258 e. The molecule has 0 bridgehead atoms. The van der Waals surface area contributed by atoms with E-state index in [2.05, 4.69) is 15.4 Å². The summed E-state index contributed by atoms with van der Waals surface area (Å²) in [5.74, 6) is 0.233. The van der Waals surface area contributed by atoms with E-state index in [4.69, 9.17) is 11.6 Å². The number of halogens is 1. The first-order valence-corrected chi connectivity index (χ1v) is 8.73. The van der Waals surface area contributed by atoms with Crippen LogP contribution in [0.2, 0.25) is 5.02 Å². The van der Waals surface area contributed by atoms with Crippen LogP contribution in [0.5, 0.6) is 0 Å². The molecule has 5 nitrogen and oxygen atoms in total. The van der Waals surface area contributed by atoms with Gasteiger partial charge in [0.2, 0.25) is 0 Å². The summed E-state index contributed by atoms with van der Waals surface area (Å²) in [5.41, 5.74) is 2.61. The Morgan fingerprint density at radius 2 is 1.63 bits per heavy atom. The van der Waals surface area contributed by atoms with Crippen molar-refractivity contribution in [2.75, 3.05) is 5.32 Å². The highest BCUT2D eigenvalue weighted by atomic mass is 35.5. The number of para-hydroxylation sites is 1. The highest BCUT2D eigenvalue weighted by molar-refractivity contribution is 6.34. The van der Waals surface area contributed by atoms with Crippen LogP contribution < -0.4 is 5.32 Å². The van der Waals surface area contributed by atoms with Crippen molar-refractivity contribution in [3.05, 3.63) is 95.6 Å². The Hall–Kier alpha value is -3.44. The molecule has 4 rings (SSSR count). The van der Waals surface area contributed by atoms with Crippen LogP contribution in [0, 0.1) is 0 Å².